The number of furan rings is 1. The van der Waals surface area contributed by atoms with E-state index < -0.39 is 0 Å². The number of piperazine rings is 1. The van der Waals surface area contributed by atoms with Crippen molar-refractivity contribution in [2.45, 2.75) is 33.2 Å². The molecule has 192 valence electrons. The van der Waals surface area contributed by atoms with E-state index in [0.29, 0.717) is 54.7 Å². The van der Waals surface area contributed by atoms with Crippen molar-refractivity contribution >= 4 is 34.2 Å². The summed E-state index contributed by atoms with van der Waals surface area (Å²) >= 11 is 0. The standard InChI is InChI=1S/C29H32N4O4/c1-18-6-5-7-21(14-18)22-10-11-30-27(31-16-22)29(35)33-13-12-32(17-19(33)2)28(34)26-20(3)37-25-9-8-23(36-4)15-24(25)26/h5-9,14-16,19H,10-13,17H2,1-4H3,(H,30,31). The van der Waals surface area contributed by atoms with E-state index in [1.54, 1.807) is 23.8 Å². The first-order chi connectivity index (χ1) is 17.9. The number of nitrogens with zero attached hydrogens (tertiary/aromatic N) is 3. The van der Waals surface area contributed by atoms with E-state index in [2.05, 4.69) is 35.4 Å². The molecule has 0 spiro atoms. The number of carbonyl (C=O) groups excluding carboxylic acids is 2. The third-order valence-corrected chi connectivity index (χ3v) is 7.09. The van der Waals surface area contributed by atoms with Gasteiger partial charge in [0.25, 0.3) is 11.8 Å². The molecular weight excluding hydrogens is 468 g/mol. The van der Waals surface area contributed by atoms with Crippen molar-refractivity contribution in [3.8, 4) is 5.75 Å². The number of amidine groups is 1. The van der Waals surface area contributed by atoms with E-state index in [1.165, 1.54) is 5.56 Å². The average Bonchev–Trinajstić information content (AvgIpc) is 3.05. The predicted molar refractivity (Wildman–Crippen MR) is 144 cm³/mol. The molecule has 0 radical (unpaired) electrons. The maximum absolute atomic E-state index is 13.5. The molecular formula is C29H32N4O4. The topological polar surface area (TPSA) is 87.4 Å². The lowest BCUT2D eigenvalue weighted by molar-refractivity contribution is -0.128. The molecule has 1 unspecified atom stereocenters. The normalized spacial score (nSPS) is 18.1. The van der Waals surface area contributed by atoms with Crippen LogP contribution in [0, 0.1) is 13.8 Å². The molecule has 1 atom stereocenters. The number of carbonyl (C=O) groups is 2. The first-order valence-corrected chi connectivity index (χ1v) is 12.6. The summed E-state index contributed by atoms with van der Waals surface area (Å²) in [6, 6.07) is 13.6. The van der Waals surface area contributed by atoms with Crippen molar-refractivity contribution in [3.05, 3.63) is 71.1 Å². The van der Waals surface area contributed by atoms with Crippen LogP contribution in [0.25, 0.3) is 16.5 Å². The zero-order chi connectivity index (χ0) is 26.1. The van der Waals surface area contributed by atoms with Gasteiger partial charge in [-0.05, 0) is 56.5 Å². The minimum absolute atomic E-state index is 0.0980. The molecule has 3 heterocycles. The van der Waals surface area contributed by atoms with E-state index in [-0.39, 0.29) is 17.9 Å². The van der Waals surface area contributed by atoms with Crippen LogP contribution < -0.4 is 10.1 Å². The van der Waals surface area contributed by atoms with Gasteiger partial charge in [0.1, 0.15) is 17.1 Å². The molecule has 1 N–H and O–H groups in total. The quantitative estimate of drug-likeness (QED) is 0.581. The first kappa shape index (κ1) is 24.6. The Labute approximate surface area is 216 Å². The van der Waals surface area contributed by atoms with Gasteiger partial charge in [-0.25, -0.2) is 0 Å². The van der Waals surface area contributed by atoms with Crippen molar-refractivity contribution in [2.75, 3.05) is 33.3 Å². The van der Waals surface area contributed by atoms with Crippen LogP contribution in [0.4, 0.5) is 0 Å². The highest BCUT2D eigenvalue weighted by molar-refractivity contribution is 6.38. The van der Waals surface area contributed by atoms with Gasteiger partial charge in [-0.2, -0.15) is 0 Å². The number of hydrogen-bond donors (Lipinski definition) is 1. The number of fused-ring (bicyclic) bond motifs is 1. The third-order valence-electron chi connectivity index (χ3n) is 7.09. The Morgan fingerprint density at radius 2 is 1.95 bits per heavy atom. The molecule has 0 saturated carbocycles. The van der Waals surface area contributed by atoms with Crippen LogP contribution in [0.15, 0.2) is 58.1 Å². The second-order valence-electron chi connectivity index (χ2n) is 9.66. The molecule has 2 aromatic carbocycles. The van der Waals surface area contributed by atoms with E-state index in [4.69, 9.17) is 9.15 Å². The van der Waals surface area contributed by atoms with Crippen molar-refractivity contribution in [3.63, 3.8) is 0 Å². The first-order valence-electron chi connectivity index (χ1n) is 12.6. The lowest BCUT2D eigenvalue weighted by Gasteiger charge is -2.39. The van der Waals surface area contributed by atoms with Crippen molar-refractivity contribution < 1.29 is 18.7 Å². The van der Waals surface area contributed by atoms with E-state index in [9.17, 15) is 9.59 Å². The van der Waals surface area contributed by atoms with Gasteiger partial charge in [0.15, 0.2) is 5.84 Å². The Bertz CT molecular complexity index is 1420. The number of benzene rings is 2. The van der Waals surface area contributed by atoms with Gasteiger partial charge in [0, 0.05) is 43.8 Å². The number of amides is 2. The van der Waals surface area contributed by atoms with Crippen LogP contribution in [0.5, 0.6) is 5.75 Å². The minimum atomic E-state index is -0.161. The second-order valence-corrected chi connectivity index (χ2v) is 9.66. The van der Waals surface area contributed by atoms with E-state index in [0.717, 1.165) is 22.9 Å². The Morgan fingerprint density at radius 3 is 2.70 bits per heavy atom. The van der Waals surface area contributed by atoms with Crippen LogP contribution in [0.2, 0.25) is 0 Å². The number of aliphatic imine (C=N–C) groups is 1. The number of ether oxygens (including phenoxy) is 1. The summed E-state index contributed by atoms with van der Waals surface area (Å²) in [6.07, 6.45) is 2.65. The maximum Gasteiger partial charge on any atom is 0.289 e. The van der Waals surface area contributed by atoms with Gasteiger partial charge in [-0.3, -0.25) is 14.6 Å². The van der Waals surface area contributed by atoms with Crippen LogP contribution in [-0.2, 0) is 4.79 Å². The van der Waals surface area contributed by atoms with Gasteiger partial charge in [-0.1, -0.05) is 29.8 Å². The fourth-order valence-electron chi connectivity index (χ4n) is 5.09. The molecule has 1 fully saturated rings. The lowest BCUT2D eigenvalue weighted by atomic mass is 10.0. The van der Waals surface area contributed by atoms with Crippen LogP contribution in [0.3, 0.4) is 0 Å². The van der Waals surface area contributed by atoms with Gasteiger partial charge >= 0.3 is 0 Å². The fraction of sp³-hybridized carbons (Fsp3) is 0.345. The lowest BCUT2D eigenvalue weighted by Crippen LogP contribution is -2.57. The van der Waals surface area contributed by atoms with Gasteiger partial charge in [0.2, 0.25) is 0 Å². The molecule has 2 aliphatic heterocycles. The fourth-order valence-corrected chi connectivity index (χ4v) is 5.09. The van der Waals surface area contributed by atoms with Gasteiger partial charge in [-0.15, -0.1) is 0 Å². The van der Waals surface area contributed by atoms with Crippen LogP contribution in [-0.4, -0.2) is 66.8 Å². The summed E-state index contributed by atoms with van der Waals surface area (Å²) in [5, 5.41) is 3.89. The molecule has 1 saturated heterocycles. The summed E-state index contributed by atoms with van der Waals surface area (Å²) in [5.41, 5.74) is 4.65. The molecule has 3 aromatic rings. The highest BCUT2D eigenvalue weighted by Gasteiger charge is 2.34. The van der Waals surface area contributed by atoms with Gasteiger partial charge < -0.3 is 24.3 Å². The number of aryl methyl sites for hydroxylation is 2. The van der Waals surface area contributed by atoms with Crippen LogP contribution in [0.1, 0.15) is 40.6 Å². The summed E-state index contributed by atoms with van der Waals surface area (Å²) in [6.45, 7) is 7.67. The molecule has 1 aromatic heterocycles. The minimum Gasteiger partial charge on any atom is -0.497 e. The second kappa shape index (κ2) is 10.1. The summed E-state index contributed by atoms with van der Waals surface area (Å²) in [4.78, 5) is 35.1. The van der Waals surface area contributed by atoms with E-state index in [1.807, 2.05) is 37.4 Å². The Hall–Kier alpha value is -4.07. The molecule has 2 amide bonds. The van der Waals surface area contributed by atoms with Crippen molar-refractivity contribution in [1.82, 2.24) is 15.1 Å². The van der Waals surface area contributed by atoms with Crippen molar-refractivity contribution in [1.29, 1.82) is 0 Å². The molecule has 0 bridgehead atoms. The molecule has 8 nitrogen and oxygen atoms in total. The zero-order valence-corrected chi connectivity index (χ0v) is 21.7. The smallest absolute Gasteiger partial charge is 0.289 e. The predicted octanol–water partition coefficient (Wildman–Crippen LogP) is 4.16. The Kier molecular flexibility index (Phi) is 6.74. The molecule has 5 rings (SSSR count). The van der Waals surface area contributed by atoms with Gasteiger partial charge in [0.05, 0.1) is 12.7 Å². The maximum atomic E-state index is 13.5. The molecule has 2 aliphatic rings. The van der Waals surface area contributed by atoms with Crippen molar-refractivity contribution in [2.24, 2.45) is 4.99 Å². The highest BCUT2D eigenvalue weighted by atomic mass is 16.5. The number of hydrogen-bond acceptors (Lipinski definition) is 6. The Balaban J connectivity index is 1.28. The zero-order valence-electron chi connectivity index (χ0n) is 21.7. The molecule has 37 heavy (non-hydrogen) atoms. The number of methoxy groups -OCH3 is 1. The highest BCUT2D eigenvalue weighted by Crippen LogP contribution is 2.30. The molecule has 8 heteroatoms. The number of nitrogens with one attached hydrogen (secondary N) is 1. The SMILES string of the molecule is COc1ccc2oc(C)c(C(=O)N3CCN(C(=O)C4=NCCC(c5cccc(C)c5)=CN4)C(C)C3)c2c1. The monoisotopic (exact) mass is 500 g/mol. The molecule has 0 aliphatic carbocycles. The summed E-state index contributed by atoms with van der Waals surface area (Å²) in [5.74, 6) is 1.35. The van der Waals surface area contributed by atoms with E-state index >= 15 is 0 Å². The Morgan fingerprint density at radius 1 is 1.11 bits per heavy atom. The number of rotatable bonds is 4. The third kappa shape index (κ3) is 4.83. The summed E-state index contributed by atoms with van der Waals surface area (Å²) < 4.78 is 11.2. The average molecular weight is 501 g/mol. The van der Waals surface area contributed by atoms with Crippen LogP contribution >= 0.6 is 0 Å². The largest absolute Gasteiger partial charge is 0.497 e. The summed E-state index contributed by atoms with van der Waals surface area (Å²) in [7, 11) is 1.60.